The molecule has 0 aliphatic heterocycles. The van der Waals surface area contributed by atoms with E-state index in [-0.39, 0.29) is 9.33 Å². The summed E-state index contributed by atoms with van der Waals surface area (Å²) in [6, 6.07) is 6.60. The summed E-state index contributed by atoms with van der Waals surface area (Å²) in [5, 5.41) is 9.00. The molecule has 1 aliphatic rings. The van der Waals surface area contributed by atoms with Gasteiger partial charge in [0.25, 0.3) is 0 Å². The molecule has 0 atom stereocenters. The molecule has 15 heteroatoms. The fourth-order valence-electron chi connectivity index (χ4n) is 4.75. The van der Waals surface area contributed by atoms with Crippen LogP contribution >= 0.6 is 11.6 Å². The van der Waals surface area contributed by atoms with Crippen LogP contribution in [0.1, 0.15) is 38.2 Å². The number of hydrogen-bond acceptors (Lipinski definition) is 5. The van der Waals surface area contributed by atoms with Gasteiger partial charge in [-0.25, -0.2) is 25.6 Å². The fraction of sp³-hybridized carbons (Fsp3) is 0.409. The van der Waals surface area contributed by atoms with E-state index in [1.54, 1.807) is 0 Å². The number of carboxylic acid groups (broad SMARTS) is 1. The number of benzene rings is 2. The van der Waals surface area contributed by atoms with Crippen molar-refractivity contribution in [3.8, 4) is 0 Å². The first-order valence-electron chi connectivity index (χ1n) is 10.6. The van der Waals surface area contributed by atoms with Crippen LogP contribution in [0.2, 0.25) is 5.02 Å². The van der Waals surface area contributed by atoms with Crippen LogP contribution in [-0.2, 0) is 29.4 Å². The molecule has 0 spiro atoms. The highest BCUT2D eigenvalue weighted by atomic mass is 35.5. The van der Waals surface area contributed by atoms with E-state index < -0.39 is 95.9 Å². The van der Waals surface area contributed by atoms with Crippen LogP contribution in [0.3, 0.4) is 0 Å². The third kappa shape index (κ3) is 5.20. The Morgan fingerprint density at radius 2 is 1.62 bits per heavy atom. The molecule has 0 aromatic heterocycles. The van der Waals surface area contributed by atoms with Gasteiger partial charge in [0.15, 0.2) is 9.84 Å². The lowest BCUT2D eigenvalue weighted by atomic mass is 9.65. The number of carbonyl (C=O) groups is 1. The van der Waals surface area contributed by atoms with E-state index in [0.29, 0.717) is 12.1 Å². The number of alkyl halides is 3. The summed E-state index contributed by atoms with van der Waals surface area (Å²) in [5.41, 5.74) is -8.49. The fourth-order valence-corrected chi connectivity index (χ4v) is 8.59. The zero-order chi connectivity index (χ0) is 28.0. The van der Waals surface area contributed by atoms with Crippen molar-refractivity contribution >= 4 is 37.4 Å². The van der Waals surface area contributed by atoms with E-state index in [4.69, 9.17) is 16.7 Å². The zero-order valence-corrected chi connectivity index (χ0v) is 21.5. The number of halogens is 6. The molecule has 2 aromatic carbocycles. The minimum atomic E-state index is -6.06. The highest BCUT2D eigenvalue weighted by molar-refractivity contribution is 7.92. The molecule has 204 valence electrons. The van der Waals surface area contributed by atoms with Crippen LogP contribution in [-0.4, -0.2) is 49.8 Å². The van der Waals surface area contributed by atoms with Gasteiger partial charge >= 0.3 is 21.5 Å². The van der Waals surface area contributed by atoms with Crippen molar-refractivity contribution in [3.63, 3.8) is 0 Å². The molecule has 3 rings (SSSR count). The van der Waals surface area contributed by atoms with Gasteiger partial charge in [-0.2, -0.15) is 17.5 Å². The molecule has 0 heterocycles. The lowest BCUT2D eigenvalue weighted by molar-refractivity contribution is -0.137. The molecule has 0 unspecified atom stereocenters. The molecule has 1 fully saturated rings. The van der Waals surface area contributed by atoms with Crippen LogP contribution in [0.5, 0.6) is 0 Å². The van der Waals surface area contributed by atoms with Crippen molar-refractivity contribution < 1.29 is 48.7 Å². The van der Waals surface area contributed by atoms with Crippen molar-refractivity contribution in [1.82, 2.24) is 4.31 Å². The average molecular weight is 590 g/mol. The third-order valence-corrected chi connectivity index (χ3v) is 10.8. The van der Waals surface area contributed by atoms with Crippen LogP contribution in [0, 0.1) is 11.6 Å². The summed E-state index contributed by atoms with van der Waals surface area (Å²) < 4.78 is 120. The van der Waals surface area contributed by atoms with Crippen LogP contribution in [0.25, 0.3) is 0 Å². The Morgan fingerprint density at radius 1 is 1.05 bits per heavy atom. The Labute approximate surface area is 214 Å². The van der Waals surface area contributed by atoms with E-state index in [1.807, 2.05) is 0 Å². The van der Waals surface area contributed by atoms with Gasteiger partial charge in [0, 0.05) is 29.1 Å². The maximum absolute atomic E-state index is 14.9. The van der Waals surface area contributed by atoms with E-state index >= 15 is 0 Å². The van der Waals surface area contributed by atoms with Crippen molar-refractivity contribution in [2.75, 3.05) is 6.54 Å². The Morgan fingerprint density at radius 3 is 2.14 bits per heavy atom. The minimum absolute atomic E-state index is 0.00970. The largest absolute Gasteiger partial charge is 0.511 e. The number of sulfonamides is 1. The molecule has 0 amide bonds. The Hall–Kier alpha value is -2.29. The number of rotatable bonds is 9. The van der Waals surface area contributed by atoms with Gasteiger partial charge in [0.2, 0.25) is 0 Å². The maximum Gasteiger partial charge on any atom is 0.511 e. The van der Waals surface area contributed by atoms with Crippen LogP contribution in [0.15, 0.2) is 47.4 Å². The zero-order valence-electron chi connectivity index (χ0n) is 19.1. The first-order chi connectivity index (χ1) is 16.9. The van der Waals surface area contributed by atoms with Gasteiger partial charge in [-0.15, -0.1) is 0 Å². The standard InChI is InChI=1S/C22H21ClF5NO6S2/c1-20(29(10-2-3-19(30)31)37(34,35)22(26,27)28)12-21(13-20,17-11-15(24)6-9-18(17)25)36(32,33)16-7-4-14(23)5-8-16/h4-9,11H,2-3,10,12-13H2,1H3,(H,30,31). The summed E-state index contributed by atoms with van der Waals surface area (Å²) in [6.45, 7) is 0.150. The molecule has 1 N–H and O–H groups in total. The predicted molar refractivity (Wildman–Crippen MR) is 123 cm³/mol. The second-order valence-electron chi connectivity index (χ2n) is 8.95. The first kappa shape index (κ1) is 29.3. The second-order valence-corrected chi connectivity index (χ2v) is 13.5. The first-order valence-corrected chi connectivity index (χ1v) is 13.9. The van der Waals surface area contributed by atoms with Gasteiger partial charge in [-0.1, -0.05) is 11.6 Å². The molecule has 0 saturated heterocycles. The minimum Gasteiger partial charge on any atom is -0.481 e. The molecular weight excluding hydrogens is 569 g/mol. The Bertz CT molecular complexity index is 1410. The summed E-state index contributed by atoms with van der Waals surface area (Å²) in [4.78, 5) is 10.5. The molecule has 2 aromatic rings. The van der Waals surface area contributed by atoms with E-state index in [0.717, 1.165) is 25.1 Å². The van der Waals surface area contributed by atoms with Crippen molar-refractivity contribution in [2.24, 2.45) is 0 Å². The maximum atomic E-state index is 14.9. The smallest absolute Gasteiger partial charge is 0.481 e. The summed E-state index contributed by atoms with van der Waals surface area (Å²) in [7, 11) is -10.7. The van der Waals surface area contributed by atoms with Gasteiger partial charge in [-0.05, 0) is 68.7 Å². The number of carboxylic acids is 1. The predicted octanol–water partition coefficient (Wildman–Crippen LogP) is 4.86. The normalized spacial score (nSPS) is 22.6. The summed E-state index contributed by atoms with van der Waals surface area (Å²) in [6.07, 6.45) is -2.90. The van der Waals surface area contributed by atoms with Crippen molar-refractivity contribution in [2.45, 2.75) is 53.3 Å². The molecular formula is C22H21ClF5NO6S2. The molecule has 0 bridgehead atoms. The van der Waals surface area contributed by atoms with Crippen LogP contribution < -0.4 is 0 Å². The van der Waals surface area contributed by atoms with E-state index in [2.05, 4.69) is 0 Å². The topological polar surface area (TPSA) is 109 Å². The van der Waals surface area contributed by atoms with Gasteiger partial charge in [-0.3, -0.25) is 4.79 Å². The summed E-state index contributed by atoms with van der Waals surface area (Å²) >= 11 is 5.81. The van der Waals surface area contributed by atoms with Gasteiger partial charge in [0.1, 0.15) is 16.4 Å². The Balaban J connectivity index is 2.17. The number of aliphatic carboxylic acids is 1. The number of nitrogens with zero attached hydrogens (tertiary/aromatic N) is 1. The lowest BCUT2D eigenvalue weighted by Crippen LogP contribution is -2.67. The lowest BCUT2D eigenvalue weighted by Gasteiger charge is -2.57. The molecule has 1 saturated carbocycles. The van der Waals surface area contributed by atoms with Gasteiger partial charge in [0.05, 0.1) is 4.90 Å². The van der Waals surface area contributed by atoms with Crippen molar-refractivity contribution in [3.05, 3.63) is 64.7 Å². The number of hydrogen-bond donors (Lipinski definition) is 1. The Kier molecular flexibility index (Phi) is 7.74. The quantitative estimate of drug-likeness (QED) is 0.419. The molecule has 37 heavy (non-hydrogen) atoms. The van der Waals surface area contributed by atoms with E-state index in [1.165, 1.54) is 12.1 Å². The van der Waals surface area contributed by atoms with Gasteiger partial charge < -0.3 is 5.11 Å². The highest BCUT2D eigenvalue weighted by Crippen LogP contribution is 2.59. The second kappa shape index (κ2) is 9.79. The monoisotopic (exact) mass is 589 g/mol. The summed E-state index contributed by atoms with van der Waals surface area (Å²) in [5.74, 6) is -3.56. The third-order valence-electron chi connectivity index (χ3n) is 6.33. The average Bonchev–Trinajstić information content (AvgIpc) is 2.75. The van der Waals surface area contributed by atoms with E-state index in [9.17, 15) is 43.6 Å². The van der Waals surface area contributed by atoms with Crippen LogP contribution in [0.4, 0.5) is 22.0 Å². The SMILES string of the molecule is CC1(N(CCCC(=O)O)S(=O)(=O)C(F)(F)F)CC(c2cc(F)ccc2F)(S(=O)(=O)c2ccc(Cl)cc2)C1. The molecule has 0 radical (unpaired) electrons. The number of sulfone groups is 1. The highest BCUT2D eigenvalue weighted by Gasteiger charge is 2.67. The molecule has 7 nitrogen and oxygen atoms in total. The van der Waals surface area contributed by atoms with Crippen molar-refractivity contribution in [1.29, 1.82) is 0 Å². The molecule has 1 aliphatic carbocycles.